The van der Waals surface area contributed by atoms with Crippen molar-refractivity contribution in [3.8, 4) is 0 Å². The maximum Gasteiger partial charge on any atom is 0.472 e. The van der Waals surface area contributed by atoms with Gasteiger partial charge < -0.3 is 33.8 Å². The highest BCUT2D eigenvalue weighted by Gasteiger charge is 2.30. The number of aliphatic hydroxyl groups excluding tert-OH is 1. The molecule has 538 valence electrons. The molecule has 0 aromatic rings. The second kappa shape index (κ2) is 66.6. The molecule has 0 rings (SSSR count). The lowest BCUT2D eigenvalue weighted by molar-refractivity contribution is -0.161. The maximum absolute atomic E-state index is 13.0. The summed E-state index contributed by atoms with van der Waals surface area (Å²) in [6.07, 6.45) is 61.2. The van der Waals surface area contributed by atoms with Crippen molar-refractivity contribution in [3.63, 3.8) is 0 Å². The van der Waals surface area contributed by atoms with Gasteiger partial charge in [-0.2, -0.15) is 0 Å². The molecule has 0 spiro atoms. The highest BCUT2D eigenvalue weighted by atomic mass is 31.2. The molecule has 0 aromatic heterocycles. The van der Waals surface area contributed by atoms with Gasteiger partial charge in [0, 0.05) is 25.7 Å². The molecule has 0 aliphatic heterocycles. The monoisotopic (exact) mass is 1340 g/mol. The molecule has 17 nitrogen and oxygen atoms in total. The molecule has 0 amide bonds. The van der Waals surface area contributed by atoms with Crippen LogP contribution < -0.4 is 0 Å². The number of carbonyl (C=O) groups excluding carboxylic acids is 4. The van der Waals surface area contributed by atoms with E-state index in [1.807, 2.05) is 0 Å². The summed E-state index contributed by atoms with van der Waals surface area (Å²) in [6.45, 7) is 4.75. The average molecular weight is 1350 g/mol. The molecular weight excluding hydrogens is 1210 g/mol. The minimum absolute atomic E-state index is 0.0923. The molecule has 5 unspecified atom stereocenters. The first-order valence-corrected chi connectivity index (χ1v) is 39.9. The van der Waals surface area contributed by atoms with E-state index in [4.69, 9.17) is 37.0 Å². The van der Waals surface area contributed by atoms with Crippen molar-refractivity contribution in [3.05, 3.63) is 48.6 Å². The molecule has 0 aliphatic carbocycles. The third-order valence-corrected chi connectivity index (χ3v) is 17.7. The number of hydrogen-bond acceptors (Lipinski definition) is 15. The van der Waals surface area contributed by atoms with E-state index in [0.717, 1.165) is 109 Å². The smallest absolute Gasteiger partial charge is 0.462 e. The minimum atomic E-state index is -4.97. The quantitative estimate of drug-likeness (QED) is 0.0169. The molecule has 19 heteroatoms. The van der Waals surface area contributed by atoms with Crippen LogP contribution in [-0.4, -0.2) is 96.7 Å². The lowest BCUT2D eigenvalue weighted by Crippen LogP contribution is -2.30. The lowest BCUT2D eigenvalue weighted by atomic mass is 10.0. The van der Waals surface area contributed by atoms with Crippen molar-refractivity contribution in [1.29, 1.82) is 0 Å². The van der Waals surface area contributed by atoms with Gasteiger partial charge in [0.1, 0.15) is 19.3 Å². The van der Waals surface area contributed by atoms with Crippen LogP contribution in [0.15, 0.2) is 48.6 Å². The summed E-state index contributed by atoms with van der Waals surface area (Å²) in [4.78, 5) is 72.6. The molecule has 0 radical (unpaired) electrons. The molecule has 5 atom stereocenters. The van der Waals surface area contributed by atoms with E-state index in [1.165, 1.54) is 148 Å². The topological polar surface area (TPSA) is 237 Å². The van der Waals surface area contributed by atoms with Gasteiger partial charge in [-0.1, -0.05) is 295 Å². The SMILES string of the molecule is CC/C=C\C/C=C\C/C=C\C/C=C\CCCCC(=O)OCC(COP(=O)(O)OCC(O)COP(=O)(O)OCC(COC(=O)CCCCCCCCCCCCCCC)OC(=O)CCCCCCCCCCCCCCC)OC(=O)CCCCCCCCCCCCC. The predicted molar refractivity (Wildman–Crippen MR) is 372 cm³/mol. The Morgan fingerprint density at radius 1 is 0.315 bits per heavy atom. The molecule has 0 heterocycles. The second-order valence-corrected chi connectivity index (χ2v) is 27.8. The van der Waals surface area contributed by atoms with E-state index in [2.05, 4.69) is 76.3 Å². The summed E-state index contributed by atoms with van der Waals surface area (Å²) >= 11 is 0. The zero-order chi connectivity index (χ0) is 67.5. The fraction of sp³-hybridized carbons (Fsp3) is 0.836. The van der Waals surface area contributed by atoms with E-state index in [1.54, 1.807) is 0 Å². The summed E-state index contributed by atoms with van der Waals surface area (Å²) in [5.41, 5.74) is 0. The van der Waals surface area contributed by atoms with E-state index < -0.39 is 97.5 Å². The van der Waals surface area contributed by atoms with Crippen LogP contribution in [0, 0.1) is 0 Å². The van der Waals surface area contributed by atoms with Gasteiger partial charge in [-0.05, 0) is 64.2 Å². The molecule has 0 fully saturated rings. The summed E-state index contributed by atoms with van der Waals surface area (Å²) in [5.74, 6) is -2.19. The van der Waals surface area contributed by atoms with E-state index in [9.17, 15) is 43.2 Å². The molecule has 0 bridgehead atoms. The number of unbranched alkanes of at least 4 members (excludes halogenated alkanes) is 36. The largest absolute Gasteiger partial charge is 0.472 e. The molecule has 0 aliphatic rings. The normalized spacial score (nSPS) is 14.3. The number of carbonyl (C=O) groups is 4. The molecule has 0 saturated heterocycles. The number of phosphoric ester groups is 2. The molecule has 0 saturated carbocycles. The summed E-state index contributed by atoms with van der Waals surface area (Å²) in [7, 11) is -9.93. The Hall–Kier alpha value is -2.98. The van der Waals surface area contributed by atoms with Gasteiger partial charge in [0.2, 0.25) is 0 Å². The average Bonchev–Trinajstić information content (AvgIpc) is 2.24. The minimum Gasteiger partial charge on any atom is -0.462 e. The highest BCUT2D eigenvalue weighted by Crippen LogP contribution is 2.45. The third-order valence-electron chi connectivity index (χ3n) is 15.8. The van der Waals surface area contributed by atoms with Gasteiger partial charge >= 0.3 is 39.5 Å². The zero-order valence-corrected chi connectivity index (χ0v) is 60.3. The Balaban J connectivity index is 5.31. The first-order chi connectivity index (χ1) is 44.7. The number of hydrogen-bond donors (Lipinski definition) is 3. The highest BCUT2D eigenvalue weighted by molar-refractivity contribution is 7.47. The molecule has 3 N–H and O–H groups in total. The summed E-state index contributed by atoms with van der Waals surface area (Å²) < 4.78 is 68.3. The van der Waals surface area contributed by atoms with Crippen LogP contribution in [0.2, 0.25) is 0 Å². The number of phosphoric acid groups is 2. The van der Waals surface area contributed by atoms with Crippen molar-refractivity contribution in [2.45, 2.75) is 354 Å². The van der Waals surface area contributed by atoms with Crippen LogP contribution in [0.3, 0.4) is 0 Å². The standard InChI is InChI=1S/C73H134O17P2/c1-5-9-13-17-21-25-29-32-33-36-39-42-46-50-54-58-71(76)84-63-68(89-72(77)59-55-51-47-43-37-28-24-20-16-12-8-4)65-87-91(79,80)85-61-67(74)62-86-92(81,82)88-66-69(90-73(78)60-56-52-48-44-40-35-31-27-23-19-15-11-7-3)64-83-70(75)57-53-49-45-41-38-34-30-26-22-18-14-10-6-2/h9,13,21,25,32-33,39,42,67-69,74H,5-8,10-12,14-20,22-24,26-31,34-38,40-41,43-66H2,1-4H3,(H,79,80)(H,81,82)/b13-9-,25-21-,33-32-,42-39-. The number of rotatable bonds is 70. The first kappa shape index (κ1) is 89.0. The molecule has 92 heavy (non-hydrogen) atoms. The van der Waals surface area contributed by atoms with E-state index in [-0.39, 0.29) is 25.7 Å². The van der Waals surface area contributed by atoms with Gasteiger partial charge in [-0.25, -0.2) is 9.13 Å². The predicted octanol–water partition coefficient (Wildman–Crippen LogP) is 20.6. The van der Waals surface area contributed by atoms with Gasteiger partial charge in [0.25, 0.3) is 0 Å². The van der Waals surface area contributed by atoms with Crippen molar-refractivity contribution < 1.29 is 80.2 Å². The maximum atomic E-state index is 13.0. The number of aliphatic hydroxyl groups is 1. The Kier molecular flexibility index (Phi) is 64.5. The fourth-order valence-corrected chi connectivity index (χ4v) is 11.8. The van der Waals surface area contributed by atoms with Crippen molar-refractivity contribution in [2.24, 2.45) is 0 Å². The third kappa shape index (κ3) is 65.7. The van der Waals surface area contributed by atoms with Crippen LogP contribution in [0.4, 0.5) is 0 Å². The Morgan fingerprint density at radius 2 is 0.565 bits per heavy atom. The number of ether oxygens (including phenoxy) is 4. The fourth-order valence-electron chi connectivity index (χ4n) is 10.2. The number of allylic oxidation sites excluding steroid dienone is 8. The van der Waals surface area contributed by atoms with E-state index in [0.29, 0.717) is 25.7 Å². The zero-order valence-electron chi connectivity index (χ0n) is 58.5. The first-order valence-electron chi connectivity index (χ1n) is 36.9. The molecular formula is C73H134O17P2. The van der Waals surface area contributed by atoms with Crippen molar-refractivity contribution in [2.75, 3.05) is 39.6 Å². The van der Waals surface area contributed by atoms with Crippen LogP contribution >= 0.6 is 15.6 Å². The Bertz CT molecular complexity index is 1940. The van der Waals surface area contributed by atoms with Crippen LogP contribution in [0.5, 0.6) is 0 Å². The Labute approximate surface area is 559 Å². The van der Waals surface area contributed by atoms with E-state index >= 15 is 0 Å². The van der Waals surface area contributed by atoms with Crippen LogP contribution in [-0.2, 0) is 65.4 Å². The van der Waals surface area contributed by atoms with Crippen molar-refractivity contribution in [1.82, 2.24) is 0 Å². The molecule has 0 aromatic carbocycles. The Morgan fingerprint density at radius 3 is 0.870 bits per heavy atom. The van der Waals surface area contributed by atoms with Gasteiger partial charge in [-0.3, -0.25) is 37.3 Å². The number of esters is 4. The van der Waals surface area contributed by atoms with Crippen LogP contribution in [0.25, 0.3) is 0 Å². The van der Waals surface area contributed by atoms with Gasteiger partial charge in [0.05, 0.1) is 26.4 Å². The summed E-state index contributed by atoms with van der Waals surface area (Å²) in [5, 5.41) is 10.6. The second-order valence-electron chi connectivity index (χ2n) is 24.9. The van der Waals surface area contributed by atoms with Crippen LogP contribution in [0.1, 0.15) is 336 Å². The lowest BCUT2D eigenvalue weighted by Gasteiger charge is -2.21. The van der Waals surface area contributed by atoms with Crippen molar-refractivity contribution >= 4 is 39.5 Å². The van der Waals surface area contributed by atoms with Gasteiger partial charge in [-0.15, -0.1) is 0 Å². The van der Waals surface area contributed by atoms with Gasteiger partial charge in [0.15, 0.2) is 12.2 Å². The summed E-state index contributed by atoms with van der Waals surface area (Å²) in [6, 6.07) is 0.